The molecule has 0 heterocycles. The Morgan fingerprint density at radius 2 is 2.10 bits per heavy atom. The molecular formula is C15H21FN2O3. The molecule has 0 fully saturated rings. The first kappa shape index (κ1) is 17.1. The van der Waals surface area contributed by atoms with Gasteiger partial charge in [-0.1, -0.05) is 6.07 Å². The number of hydrogen-bond acceptors (Lipinski definition) is 4. The first-order valence-corrected chi connectivity index (χ1v) is 6.95. The van der Waals surface area contributed by atoms with E-state index >= 15 is 0 Å². The maximum atomic E-state index is 13.1. The van der Waals surface area contributed by atoms with Gasteiger partial charge >= 0.3 is 5.97 Å². The molecule has 0 bridgehead atoms. The quantitative estimate of drug-likeness (QED) is 0.569. The molecule has 0 aromatic heterocycles. The number of aryl methyl sites for hydroxylation is 1. The predicted molar refractivity (Wildman–Crippen MR) is 78.5 cm³/mol. The van der Waals surface area contributed by atoms with Crippen LogP contribution in [0.1, 0.15) is 25.3 Å². The van der Waals surface area contributed by atoms with Crippen LogP contribution in [0.3, 0.4) is 0 Å². The maximum absolute atomic E-state index is 13.1. The molecule has 0 aliphatic rings. The molecule has 21 heavy (non-hydrogen) atoms. The molecule has 0 aliphatic heterocycles. The van der Waals surface area contributed by atoms with Crippen LogP contribution in [0.5, 0.6) is 0 Å². The first-order chi connectivity index (χ1) is 10.0. The second-order valence-corrected chi connectivity index (χ2v) is 4.59. The van der Waals surface area contributed by atoms with Crippen molar-refractivity contribution in [3.8, 4) is 0 Å². The molecule has 6 heteroatoms. The number of halogens is 1. The van der Waals surface area contributed by atoms with Gasteiger partial charge in [-0.15, -0.1) is 0 Å². The van der Waals surface area contributed by atoms with Gasteiger partial charge in [-0.3, -0.25) is 9.59 Å². The summed E-state index contributed by atoms with van der Waals surface area (Å²) in [6, 6.07) is 4.24. The van der Waals surface area contributed by atoms with Crippen LogP contribution >= 0.6 is 0 Å². The number of anilines is 1. The van der Waals surface area contributed by atoms with Crippen LogP contribution in [0.2, 0.25) is 0 Å². The number of ether oxygens (including phenoxy) is 1. The van der Waals surface area contributed by atoms with Gasteiger partial charge < -0.3 is 15.4 Å². The molecule has 0 saturated carbocycles. The Hall–Kier alpha value is -1.95. The second kappa shape index (κ2) is 9.07. The molecule has 1 aromatic rings. The summed E-state index contributed by atoms with van der Waals surface area (Å²) < 4.78 is 17.9. The number of esters is 1. The molecule has 116 valence electrons. The Balaban J connectivity index is 2.22. The molecule has 5 nitrogen and oxygen atoms in total. The third-order valence-corrected chi connectivity index (χ3v) is 2.80. The van der Waals surface area contributed by atoms with Gasteiger partial charge in [-0.2, -0.15) is 0 Å². The Labute approximate surface area is 123 Å². The summed E-state index contributed by atoms with van der Waals surface area (Å²) in [7, 11) is 0. The summed E-state index contributed by atoms with van der Waals surface area (Å²) >= 11 is 0. The topological polar surface area (TPSA) is 67.4 Å². The van der Waals surface area contributed by atoms with Gasteiger partial charge in [0.2, 0.25) is 5.91 Å². The van der Waals surface area contributed by atoms with E-state index < -0.39 is 5.82 Å². The van der Waals surface area contributed by atoms with Crippen molar-refractivity contribution in [1.82, 2.24) is 5.32 Å². The Morgan fingerprint density at radius 1 is 1.33 bits per heavy atom. The zero-order chi connectivity index (χ0) is 15.7. The van der Waals surface area contributed by atoms with Crippen LogP contribution < -0.4 is 10.6 Å². The number of carbonyl (C=O) groups excluding carboxylic acids is 2. The zero-order valence-corrected chi connectivity index (χ0v) is 12.4. The number of hydrogen-bond donors (Lipinski definition) is 2. The van der Waals surface area contributed by atoms with Gasteiger partial charge in [0, 0.05) is 12.1 Å². The van der Waals surface area contributed by atoms with Crippen LogP contribution in [0.15, 0.2) is 18.2 Å². The lowest BCUT2D eigenvalue weighted by Gasteiger charge is -2.09. The minimum Gasteiger partial charge on any atom is -0.466 e. The number of rotatable bonds is 8. The summed E-state index contributed by atoms with van der Waals surface area (Å²) in [4.78, 5) is 22.8. The molecular weight excluding hydrogens is 275 g/mol. The third-order valence-electron chi connectivity index (χ3n) is 2.80. The van der Waals surface area contributed by atoms with E-state index in [-0.39, 0.29) is 18.4 Å². The van der Waals surface area contributed by atoms with Crippen molar-refractivity contribution in [3.05, 3.63) is 29.6 Å². The average Bonchev–Trinajstić information content (AvgIpc) is 2.43. The van der Waals surface area contributed by atoms with E-state index in [9.17, 15) is 14.0 Å². The fourth-order valence-corrected chi connectivity index (χ4v) is 1.72. The molecule has 0 radical (unpaired) electrons. The van der Waals surface area contributed by atoms with Crippen LogP contribution in [-0.4, -0.2) is 31.6 Å². The fourth-order valence-electron chi connectivity index (χ4n) is 1.72. The largest absolute Gasteiger partial charge is 0.466 e. The van der Waals surface area contributed by atoms with E-state index in [1.54, 1.807) is 19.9 Å². The lowest BCUT2D eigenvalue weighted by atomic mass is 10.2. The molecule has 0 atom stereocenters. The Kier molecular flexibility index (Phi) is 7.39. The molecule has 0 spiro atoms. The van der Waals surface area contributed by atoms with Crippen molar-refractivity contribution in [2.45, 2.75) is 26.7 Å². The normalized spacial score (nSPS) is 10.2. The second-order valence-electron chi connectivity index (χ2n) is 4.59. The summed E-state index contributed by atoms with van der Waals surface area (Å²) in [6.07, 6.45) is 0.927. The van der Waals surface area contributed by atoms with Crippen molar-refractivity contribution in [2.75, 3.05) is 25.0 Å². The monoisotopic (exact) mass is 296 g/mol. The number of carbonyl (C=O) groups is 2. The van der Waals surface area contributed by atoms with E-state index in [2.05, 4.69) is 10.6 Å². The van der Waals surface area contributed by atoms with Crippen LogP contribution in [-0.2, 0) is 14.3 Å². The molecule has 1 aromatic carbocycles. The highest BCUT2D eigenvalue weighted by Gasteiger charge is 2.06. The minimum absolute atomic E-state index is 0.110. The molecule has 2 N–H and O–H groups in total. The van der Waals surface area contributed by atoms with E-state index in [1.807, 2.05) is 0 Å². The highest BCUT2D eigenvalue weighted by Crippen LogP contribution is 2.15. The van der Waals surface area contributed by atoms with E-state index in [1.165, 1.54) is 12.1 Å². The van der Waals surface area contributed by atoms with Gasteiger partial charge in [-0.25, -0.2) is 4.39 Å². The van der Waals surface area contributed by atoms with Crippen molar-refractivity contribution in [2.24, 2.45) is 0 Å². The van der Waals surface area contributed by atoms with E-state index in [4.69, 9.17) is 4.74 Å². The maximum Gasteiger partial charge on any atom is 0.305 e. The predicted octanol–water partition coefficient (Wildman–Crippen LogP) is 2.01. The van der Waals surface area contributed by atoms with Gasteiger partial charge in [-0.05, 0) is 44.5 Å². The highest BCUT2D eigenvalue weighted by molar-refractivity contribution is 5.92. The smallest absolute Gasteiger partial charge is 0.305 e. The van der Waals surface area contributed by atoms with Crippen LogP contribution in [0.4, 0.5) is 10.1 Å². The minimum atomic E-state index is -0.390. The molecule has 0 aliphatic carbocycles. The first-order valence-electron chi connectivity index (χ1n) is 6.95. The molecule has 1 rings (SSSR count). The Morgan fingerprint density at radius 3 is 2.81 bits per heavy atom. The van der Waals surface area contributed by atoms with Crippen molar-refractivity contribution < 1.29 is 18.7 Å². The molecule has 0 saturated heterocycles. The summed E-state index contributed by atoms with van der Waals surface area (Å²) in [6.45, 7) is 4.57. The van der Waals surface area contributed by atoms with Crippen molar-refractivity contribution in [1.29, 1.82) is 0 Å². The number of nitrogens with one attached hydrogen (secondary N) is 2. The van der Waals surface area contributed by atoms with Crippen molar-refractivity contribution >= 4 is 17.6 Å². The fraction of sp³-hybridized carbons (Fsp3) is 0.467. The van der Waals surface area contributed by atoms with Gasteiger partial charge in [0.15, 0.2) is 0 Å². The van der Waals surface area contributed by atoms with Gasteiger partial charge in [0.05, 0.1) is 13.2 Å². The molecule has 0 unspecified atom stereocenters. The van der Waals surface area contributed by atoms with E-state index in [0.717, 1.165) is 5.56 Å². The van der Waals surface area contributed by atoms with Crippen molar-refractivity contribution in [3.63, 3.8) is 0 Å². The standard InChI is InChI=1S/C15H21FN2O3/c1-3-21-15(20)5-4-8-17-10-14(19)18-13-9-12(16)7-6-11(13)2/h6-7,9,17H,3-5,8,10H2,1-2H3,(H,18,19). The Bertz CT molecular complexity index is 492. The number of benzene rings is 1. The molecule has 1 amide bonds. The van der Waals surface area contributed by atoms with Crippen LogP contribution in [0.25, 0.3) is 0 Å². The zero-order valence-electron chi connectivity index (χ0n) is 12.4. The van der Waals surface area contributed by atoms with Gasteiger partial charge in [0.25, 0.3) is 0 Å². The summed E-state index contributed by atoms with van der Waals surface area (Å²) in [5.41, 5.74) is 1.26. The highest BCUT2D eigenvalue weighted by atomic mass is 19.1. The van der Waals surface area contributed by atoms with Gasteiger partial charge in [0.1, 0.15) is 5.82 Å². The summed E-state index contributed by atoms with van der Waals surface area (Å²) in [5, 5.41) is 5.56. The lowest BCUT2D eigenvalue weighted by Crippen LogP contribution is -2.29. The number of amides is 1. The lowest BCUT2D eigenvalue weighted by molar-refractivity contribution is -0.143. The third kappa shape index (κ3) is 6.85. The van der Waals surface area contributed by atoms with Crippen LogP contribution in [0, 0.1) is 12.7 Å². The SMILES string of the molecule is CCOC(=O)CCCNCC(=O)Nc1cc(F)ccc1C. The summed E-state index contributed by atoms with van der Waals surface area (Å²) in [5.74, 6) is -0.878. The average molecular weight is 296 g/mol. The van der Waals surface area contributed by atoms with E-state index in [0.29, 0.717) is 31.7 Å².